The lowest BCUT2D eigenvalue weighted by atomic mass is 10.1. The van der Waals surface area contributed by atoms with Crippen molar-refractivity contribution in [2.45, 2.75) is 23.9 Å². The van der Waals surface area contributed by atoms with Gasteiger partial charge in [-0.15, -0.1) is 10.2 Å². The lowest BCUT2D eigenvalue weighted by molar-refractivity contribution is -0.137. The highest BCUT2D eigenvalue weighted by Gasteiger charge is 2.35. The van der Waals surface area contributed by atoms with Gasteiger partial charge in [-0.05, 0) is 29.6 Å². The summed E-state index contributed by atoms with van der Waals surface area (Å²) in [7, 11) is -4.58. The van der Waals surface area contributed by atoms with Gasteiger partial charge in [0.2, 0.25) is 17.7 Å². The molecule has 0 radical (unpaired) electrons. The number of carbonyl (C=O) groups is 1. The number of carbonyl (C=O) groups excluding carboxylic acids is 1. The minimum Gasteiger partial charge on any atom is -0.421 e. The second kappa shape index (κ2) is 8.25. The van der Waals surface area contributed by atoms with E-state index < -0.39 is 38.1 Å². The maximum Gasteiger partial charge on any atom is 0.417 e. The van der Waals surface area contributed by atoms with Crippen LogP contribution < -0.4 is 4.72 Å². The number of aromatic nitrogens is 2. The zero-order chi connectivity index (χ0) is 21.9. The molecule has 0 bridgehead atoms. The molecule has 2 heterocycles. The fraction of sp³-hybridized carbons (Fsp3) is 0.176. The largest absolute Gasteiger partial charge is 0.421 e. The molecule has 0 saturated heterocycles. The zero-order valence-electron chi connectivity index (χ0n) is 14.8. The Morgan fingerprint density at radius 2 is 2.03 bits per heavy atom. The Labute approximate surface area is 172 Å². The summed E-state index contributed by atoms with van der Waals surface area (Å²) in [6.07, 6.45) is -5.36. The molecule has 3 rings (SSSR count). The van der Waals surface area contributed by atoms with Gasteiger partial charge in [-0.2, -0.15) is 29.8 Å². The summed E-state index contributed by atoms with van der Waals surface area (Å²) in [6.45, 7) is 0. The Bertz CT molecular complexity index is 1210. The number of nitrogens with zero attached hydrogens (tertiary/aromatic N) is 3. The van der Waals surface area contributed by atoms with Gasteiger partial charge in [0, 0.05) is 23.8 Å². The highest BCUT2D eigenvalue weighted by Crippen LogP contribution is 2.33. The first kappa shape index (κ1) is 21.5. The van der Waals surface area contributed by atoms with Gasteiger partial charge in [0.1, 0.15) is 0 Å². The van der Waals surface area contributed by atoms with Crippen molar-refractivity contribution in [3.8, 4) is 17.5 Å². The molecule has 0 fully saturated rings. The highest BCUT2D eigenvalue weighted by molar-refractivity contribution is 7.90. The van der Waals surface area contributed by atoms with Gasteiger partial charge in [-0.1, -0.05) is 0 Å². The summed E-state index contributed by atoms with van der Waals surface area (Å²) in [5.74, 6) is -0.624. The number of nitriles is 1. The highest BCUT2D eigenvalue weighted by atomic mass is 32.2. The van der Waals surface area contributed by atoms with Crippen molar-refractivity contribution in [3.05, 3.63) is 52.0 Å². The number of alkyl halides is 3. The molecule has 1 amide bonds. The number of rotatable bonds is 6. The van der Waals surface area contributed by atoms with Crippen molar-refractivity contribution < 1.29 is 30.8 Å². The topological polar surface area (TPSA) is 126 Å². The second-order valence-electron chi connectivity index (χ2n) is 5.86. The van der Waals surface area contributed by atoms with E-state index in [1.54, 1.807) is 16.2 Å². The van der Waals surface area contributed by atoms with E-state index in [-0.39, 0.29) is 24.6 Å². The SMILES string of the molecule is N#Cc1ccc(S(=O)(=O)NC(=O)CCc2nnc(-c3ccsc3)o2)cc1C(F)(F)F. The van der Waals surface area contributed by atoms with Crippen molar-refractivity contribution in [1.82, 2.24) is 14.9 Å². The number of sulfonamides is 1. The number of amides is 1. The average Bonchev–Trinajstić information content (AvgIpc) is 3.36. The number of hydrogen-bond donors (Lipinski definition) is 1. The standard InChI is InChI=1S/C17H11F3N4O4S2/c18-17(19,20)13-7-12(2-1-10(13)8-21)30(26,27)24-14(25)3-4-15-22-23-16(28-15)11-5-6-29-9-11/h1-2,5-7,9H,3-4H2,(H,24,25). The zero-order valence-corrected chi connectivity index (χ0v) is 16.4. The number of thiophene rings is 1. The fourth-order valence-corrected chi connectivity index (χ4v) is 4.03. The first-order valence-electron chi connectivity index (χ1n) is 8.12. The molecular formula is C17H11F3N4O4S2. The molecule has 156 valence electrons. The van der Waals surface area contributed by atoms with Crippen LogP contribution in [0.3, 0.4) is 0 Å². The Balaban J connectivity index is 1.68. The molecule has 3 aromatic rings. The van der Waals surface area contributed by atoms with Crippen molar-refractivity contribution in [2.75, 3.05) is 0 Å². The van der Waals surface area contributed by atoms with Gasteiger partial charge >= 0.3 is 6.18 Å². The molecule has 8 nitrogen and oxygen atoms in total. The number of aryl methyl sites for hydroxylation is 1. The van der Waals surface area contributed by atoms with Crippen LogP contribution in [0.2, 0.25) is 0 Å². The summed E-state index contributed by atoms with van der Waals surface area (Å²) in [5.41, 5.74) is -1.44. The summed E-state index contributed by atoms with van der Waals surface area (Å²) >= 11 is 1.42. The van der Waals surface area contributed by atoms with E-state index in [9.17, 15) is 26.4 Å². The molecule has 2 aromatic heterocycles. The Morgan fingerprint density at radius 1 is 1.27 bits per heavy atom. The van der Waals surface area contributed by atoms with Gasteiger partial charge in [0.25, 0.3) is 10.0 Å². The van der Waals surface area contributed by atoms with Crippen molar-refractivity contribution >= 4 is 27.3 Å². The number of nitrogens with one attached hydrogen (secondary N) is 1. The van der Waals surface area contributed by atoms with Crippen LogP contribution in [-0.4, -0.2) is 24.5 Å². The Morgan fingerprint density at radius 3 is 2.67 bits per heavy atom. The Kier molecular flexibility index (Phi) is 5.90. The molecule has 1 aromatic carbocycles. The normalized spacial score (nSPS) is 11.8. The van der Waals surface area contributed by atoms with Crippen LogP contribution in [0.1, 0.15) is 23.4 Å². The molecular weight excluding hydrogens is 445 g/mol. The van der Waals surface area contributed by atoms with Crippen LogP contribution >= 0.6 is 11.3 Å². The summed E-state index contributed by atoms with van der Waals surface area (Å²) in [5, 5.41) is 19.9. The van der Waals surface area contributed by atoms with Crippen LogP contribution in [0.15, 0.2) is 44.3 Å². The van der Waals surface area contributed by atoms with Gasteiger partial charge in [0.05, 0.1) is 22.1 Å². The average molecular weight is 456 g/mol. The van der Waals surface area contributed by atoms with E-state index in [1.807, 2.05) is 5.38 Å². The molecule has 0 aliphatic carbocycles. The first-order valence-corrected chi connectivity index (χ1v) is 10.5. The van der Waals surface area contributed by atoms with E-state index in [0.29, 0.717) is 11.6 Å². The van der Waals surface area contributed by atoms with Gasteiger partial charge < -0.3 is 4.42 Å². The van der Waals surface area contributed by atoms with E-state index in [2.05, 4.69) is 10.2 Å². The van der Waals surface area contributed by atoms with E-state index in [4.69, 9.17) is 9.68 Å². The summed E-state index contributed by atoms with van der Waals surface area (Å²) < 4.78 is 70.6. The number of halogens is 3. The van der Waals surface area contributed by atoms with Gasteiger partial charge in [-0.25, -0.2) is 13.1 Å². The molecule has 0 spiro atoms. The predicted octanol–water partition coefficient (Wildman–Crippen LogP) is 3.13. The lowest BCUT2D eigenvalue weighted by Gasteiger charge is -2.11. The summed E-state index contributed by atoms with van der Waals surface area (Å²) in [4.78, 5) is 11.2. The second-order valence-corrected chi connectivity index (χ2v) is 8.32. The van der Waals surface area contributed by atoms with E-state index >= 15 is 0 Å². The van der Waals surface area contributed by atoms with Gasteiger partial charge in [-0.3, -0.25) is 4.79 Å². The third-order valence-electron chi connectivity index (χ3n) is 3.78. The first-order chi connectivity index (χ1) is 14.1. The van der Waals surface area contributed by atoms with Crippen molar-refractivity contribution in [2.24, 2.45) is 0 Å². The number of benzene rings is 1. The molecule has 0 aliphatic heterocycles. The molecule has 0 aliphatic rings. The maximum atomic E-state index is 13.0. The molecule has 0 saturated carbocycles. The molecule has 0 unspecified atom stereocenters. The van der Waals surface area contributed by atoms with Gasteiger partial charge in [0.15, 0.2) is 0 Å². The molecule has 0 atom stereocenters. The van der Waals surface area contributed by atoms with Crippen LogP contribution in [-0.2, 0) is 27.4 Å². The quantitative estimate of drug-likeness (QED) is 0.604. The van der Waals surface area contributed by atoms with Crippen LogP contribution in [0.4, 0.5) is 13.2 Å². The maximum absolute atomic E-state index is 13.0. The minimum atomic E-state index is -4.93. The molecule has 13 heteroatoms. The predicted molar refractivity (Wildman–Crippen MR) is 97.4 cm³/mol. The lowest BCUT2D eigenvalue weighted by Crippen LogP contribution is -2.31. The van der Waals surface area contributed by atoms with E-state index in [0.717, 1.165) is 12.1 Å². The van der Waals surface area contributed by atoms with Crippen LogP contribution in [0.5, 0.6) is 0 Å². The van der Waals surface area contributed by atoms with E-state index in [1.165, 1.54) is 17.4 Å². The minimum absolute atomic E-state index is 0.0698. The van der Waals surface area contributed by atoms with Crippen molar-refractivity contribution in [1.29, 1.82) is 5.26 Å². The fourth-order valence-electron chi connectivity index (χ4n) is 2.36. The smallest absolute Gasteiger partial charge is 0.417 e. The third-order valence-corrected chi connectivity index (χ3v) is 5.83. The number of hydrogen-bond acceptors (Lipinski definition) is 8. The molecule has 1 N–H and O–H groups in total. The molecule has 30 heavy (non-hydrogen) atoms. The summed E-state index contributed by atoms with van der Waals surface area (Å²) in [6, 6.07) is 4.95. The van der Waals surface area contributed by atoms with Crippen LogP contribution in [0, 0.1) is 11.3 Å². The van der Waals surface area contributed by atoms with Crippen molar-refractivity contribution in [3.63, 3.8) is 0 Å². The monoisotopic (exact) mass is 456 g/mol. The Hall–Kier alpha value is -3.24. The third kappa shape index (κ3) is 4.84. The van der Waals surface area contributed by atoms with Crippen LogP contribution in [0.25, 0.3) is 11.5 Å².